The number of nitrogens with zero attached hydrogens (tertiary/aromatic N) is 4. The van der Waals surface area contributed by atoms with Crippen molar-refractivity contribution in [1.82, 2.24) is 19.7 Å². The first kappa shape index (κ1) is 23.7. The minimum absolute atomic E-state index is 0.252. The number of hydrogen-bond acceptors (Lipinski definition) is 6. The van der Waals surface area contributed by atoms with E-state index >= 15 is 0 Å². The van der Waals surface area contributed by atoms with Crippen LogP contribution in [-0.4, -0.2) is 32.0 Å². The van der Waals surface area contributed by atoms with Crippen LogP contribution in [0.25, 0.3) is 5.82 Å². The highest BCUT2D eigenvalue weighted by atomic mass is 19.4. The number of hydrogen-bond donors (Lipinski definition) is 1. The average Bonchev–Trinajstić information content (AvgIpc) is 3.12. The third-order valence-electron chi connectivity index (χ3n) is 4.72. The molecule has 4 rings (SSSR count). The maximum atomic E-state index is 12.6. The summed E-state index contributed by atoms with van der Waals surface area (Å²) in [6.07, 6.45) is -4.91. The Labute approximate surface area is 198 Å². The van der Waals surface area contributed by atoms with Crippen molar-refractivity contribution in [2.45, 2.75) is 27.1 Å². The molecule has 1 N–H and O–H groups in total. The Kier molecular flexibility index (Phi) is 6.41. The number of halogens is 3. The van der Waals surface area contributed by atoms with Crippen molar-refractivity contribution in [3.8, 4) is 23.2 Å². The lowest BCUT2D eigenvalue weighted by molar-refractivity contribution is -0.274. The quantitative estimate of drug-likeness (QED) is 0.388. The number of aryl methyl sites for hydroxylation is 3. The van der Waals surface area contributed by atoms with Gasteiger partial charge in [0.15, 0.2) is 5.82 Å². The molecule has 2 aromatic heterocycles. The molecule has 0 spiro atoms. The number of carbonyl (C=O) groups is 1. The van der Waals surface area contributed by atoms with Crippen molar-refractivity contribution < 1.29 is 27.4 Å². The number of ether oxygens (including phenoxy) is 2. The number of aromatic nitrogens is 4. The van der Waals surface area contributed by atoms with Crippen LogP contribution in [0.3, 0.4) is 0 Å². The molecule has 0 saturated heterocycles. The van der Waals surface area contributed by atoms with E-state index in [9.17, 15) is 18.0 Å². The zero-order chi connectivity index (χ0) is 25.2. The summed E-state index contributed by atoms with van der Waals surface area (Å²) >= 11 is 0. The van der Waals surface area contributed by atoms with Gasteiger partial charge >= 0.3 is 6.36 Å². The third kappa shape index (κ3) is 5.94. The SMILES string of the molecule is Cc1cc(C)n(-c2cc(Oc3ccc(NC(=O)c4ccccc4OC(F)(F)F)cc3)nc(C)n2)n1. The number of anilines is 1. The molecule has 0 saturated carbocycles. The summed E-state index contributed by atoms with van der Waals surface area (Å²) in [4.78, 5) is 21.2. The third-order valence-corrected chi connectivity index (χ3v) is 4.72. The van der Waals surface area contributed by atoms with Gasteiger partial charge in [-0.2, -0.15) is 10.1 Å². The topological polar surface area (TPSA) is 91.2 Å². The molecule has 0 radical (unpaired) electrons. The molecule has 0 atom stereocenters. The summed E-state index contributed by atoms with van der Waals surface area (Å²) in [5.41, 5.74) is 1.87. The highest BCUT2D eigenvalue weighted by molar-refractivity contribution is 6.06. The first-order valence-corrected chi connectivity index (χ1v) is 10.4. The summed E-state index contributed by atoms with van der Waals surface area (Å²) in [6, 6.07) is 15.0. The molecule has 2 aromatic carbocycles. The maximum absolute atomic E-state index is 12.6. The molecule has 0 unspecified atom stereocenters. The van der Waals surface area contributed by atoms with E-state index in [1.165, 1.54) is 18.2 Å². The van der Waals surface area contributed by atoms with Crippen molar-refractivity contribution in [3.05, 3.63) is 83.4 Å². The monoisotopic (exact) mass is 483 g/mol. The van der Waals surface area contributed by atoms with Crippen LogP contribution < -0.4 is 14.8 Å². The van der Waals surface area contributed by atoms with Crippen molar-refractivity contribution >= 4 is 11.6 Å². The van der Waals surface area contributed by atoms with Gasteiger partial charge in [-0.25, -0.2) is 9.67 Å². The van der Waals surface area contributed by atoms with Gasteiger partial charge in [-0.05, 0) is 63.2 Å². The summed E-state index contributed by atoms with van der Waals surface area (Å²) < 4.78 is 49.3. The standard InChI is InChI=1S/C24H20F3N5O3/c1-14-12-15(2)32(31-14)21-13-22(29-16(3)28-21)34-18-10-8-17(9-11-18)30-23(33)19-6-4-5-7-20(19)35-24(25,26)27/h4-13H,1-3H3,(H,30,33). The summed E-state index contributed by atoms with van der Waals surface area (Å²) in [5, 5.41) is 6.96. The molecule has 4 aromatic rings. The van der Waals surface area contributed by atoms with Crippen molar-refractivity contribution in [1.29, 1.82) is 0 Å². The van der Waals surface area contributed by atoms with Gasteiger partial charge in [0.05, 0.1) is 11.3 Å². The van der Waals surface area contributed by atoms with Crippen LogP contribution in [0.4, 0.5) is 18.9 Å². The number of alkyl halides is 3. The lowest BCUT2D eigenvalue weighted by Crippen LogP contribution is -2.20. The van der Waals surface area contributed by atoms with Crippen molar-refractivity contribution in [2.75, 3.05) is 5.32 Å². The fourth-order valence-corrected chi connectivity index (χ4v) is 3.34. The fourth-order valence-electron chi connectivity index (χ4n) is 3.34. The Morgan fingerprint density at radius 2 is 1.69 bits per heavy atom. The molecule has 0 fully saturated rings. The zero-order valence-electron chi connectivity index (χ0n) is 18.9. The Bertz CT molecular complexity index is 1370. The van der Waals surface area contributed by atoms with Crippen LogP contribution >= 0.6 is 0 Å². The molecule has 0 bridgehead atoms. The van der Waals surface area contributed by atoms with E-state index < -0.39 is 18.0 Å². The predicted octanol–water partition coefficient (Wildman–Crippen LogP) is 5.53. The molecule has 180 valence electrons. The van der Waals surface area contributed by atoms with Crippen molar-refractivity contribution in [3.63, 3.8) is 0 Å². The highest BCUT2D eigenvalue weighted by Crippen LogP contribution is 2.28. The van der Waals surface area contributed by atoms with Gasteiger partial charge in [-0.15, -0.1) is 13.2 Å². The number of nitrogens with one attached hydrogen (secondary N) is 1. The molecule has 35 heavy (non-hydrogen) atoms. The van der Waals surface area contributed by atoms with E-state index in [0.717, 1.165) is 17.5 Å². The van der Waals surface area contributed by atoms with E-state index in [1.54, 1.807) is 41.9 Å². The normalized spacial score (nSPS) is 11.3. The lowest BCUT2D eigenvalue weighted by Gasteiger charge is -2.13. The van der Waals surface area contributed by atoms with Gasteiger partial charge < -0.3 is 14.8 Å². The summed E-state index contributed by atoms with van der Waals surface area (Å²) in [6.45, 7) is 5.54. The van der Waals surface area contributed by atoms with Crippen LogP contribution in [-0.2, 0) is 0 Å². The number of para-hydroxylation sites is 1. The van der Waals surface area contributed by atoms with Gasteiger partial charge in [-0.1, -0.05) is 12.1 Å². The second-order valence-electron chi connectivity index (χ2n) is 7.58. The average molecular weight is 483 g/mol. The maximum Gasteiger partial charge on any atom is 0.573 e. The number of benzene rings is 2. The molecule has 0 aliphatic carbocycles. The largest absolute Gasteiger partial charge is 0.573 e. The Morgan fingerprint density at radius 3 is 2.34 bits per heavy atom. The molecule has 0 aliphatic rings. The highest BCUT2D eigenvalue weighted by Gasteiger charge is 2.32. The first-order chi connectivity index (χ1) is 16.6. The van der Waals surface area contributed by atoms with Gasteiger partial charge in [0, 0.05) is 17.4 Å². The van der Waals surface area contributed by atoms with Crippen molar-refractivity contribution in [2.24, 2.45) is 0 Å². The molecule has 8 nitrogen and oxygen atoms in total. The summed E-state index contributed by atoms with van der Waals surface area (Å²) in [5.74, 6) is 0.446. The lowest BCUT2D eigenvalue weighted by atomic mass is 10.2. The molecule has 0 aliphatic heterocycles. The zero-order valence-corrected chi connectivity index (χ0v) is 18.9. The second kappa shape index (κ2) is 9.45. The van der Waals surface area contributed by atoms with Gasteiger partial charge in [-0.3, -0.25) is 4.79 Å². The Balaban J connectivity index is 1.48. The second-order valence-corrected chi connectivity index (χ2v) is 7.58. The number of rotatable bonds is 6. The smallest absolute Gasteiger partial charge is 0.439 e. The minimum Gasteiger partial charge on any atom is -0.439 e. The van der Waals surface area contributed by atoms with Gasteiger partial charge in [0.1, 0.15) is 17.3 Å². The first-order valence-electron chi connectivity index (χ1n) is 10.4. The van der Waals surface area contributed by atoms with Crippen LogP contribution in [0.1, 0.15) is 27.6 Å². The number of carbonyl (C=O) groups excluding carboxylic acids is 1. The van der Waals surface area contributed by atoms with Gasteiger partial charge in [0.25, 0.3) is 5.91 Å². The van der Waals surface area contributed by atoms with E-state index in [0.29, 0.717) is 29.0 Å². The molecule has 11 heteroatoms. The molecular formula is C24H20F3N5O3. The molecule has 2 heterocycles. The predicted molar refractivity (Wildman–Crippen MR) is 121 cm³/mol. The Hall–Kier alpha value is -4.41. The molecular weight excluding hydrogens is 463 g/mol. The number of amides is 1. The van der Waals surface area contributed by atoms with Gasteiger partial charge in [0.2, 0.25) is 5.88 Å². The van der Waals surface area contributed by atoms with Crippen LogP contribution in [0.5, 0.6) is 17.4 Å². The van der Waals surface area contributed by atoms with Crippen LogP contribution in [0.15, 0.2) is 60.7 Å². The van der Waals surface area contributed by atoms with E-state index in [1.807, 2.05) is 19.9 Å². The van der Waals surface area contributed by atoms with E-state index in [4.69, 9.17) is 4.74 Å². The van der Waals surface area contributed by atoms with Crippen LogP contribution in [0.2, 0.25) is 0 Å². The minimum atomic E-state index is -4.91. The van der Waals surface area contributed by atoms with E-state index in [-0.39, 0.29) is 5.56 Å². The van der Waals surface area contributed by atoms with E-state index in [2.05, 4.69) is 25.1 Å². The molecule has 1 amide bonds. The Morgan fingerprint density at radius 1 is 0.971 bits per heavy atom. The fraction of sp³-hybridized carbons (Fsp3) is 0.167. The van der Waals surface area contributed by atoms with Crippen LogP contribution in [0, 0.1) is 20.8 Å². The summed E-state index contributed by atoms with van der Waals surface area (Å²) in [7, 11) is 0.